The van der Waals surface area contributed by atoms with Gasteiger partial charge in [0, 0.05) is 12.2 Å². The number of benzene rings is 2. The summed E-state index contributed by atoms with van der Waals surface area (Å²) >= 11 is 1.34. The van der Waals surface area contributed by atoms with Gasteiger partial charge in [0.15, 0.2) is 11.0 Å². The van der Waals surface area contributed by atoms with Crippen molar-refractivity contribution in [2.45, 2.75) is 39.1 Å². The van der Waals surface area contributed by atoms with Crippen LogP contribution in [-0.4, -0.2) is 26.4 Å². The van der Waals surface area contributed by atoms with E-state index in [2.05, 4.69) is 22.1 Å². The van der Waals surface area contributed by atoms with Gasteiger partial charge in [0.05, 0.1) is 5.75 Å². The molecular formula is C23H26N4O2S. The molecule has 0 aliphatic heterocycles. The minimum atomic E-state index is -0.0805. The van der Waals surface area contributed by atoms with Gasteiger partial charge in [0.2, 0.25) is 5.91 Å². The summed E-state index contributed by atoms with van der Waals surface area (Å²) in [6, 6.07) is 13.8. The lowest BCUT2D eigenvalue weighted by molar-refractivity contribution is -0.113. The Morgan fingerprint density at radius 2 is 1.90 bits per heavy atom. The summed E-state index contributed by atoms with van der Waals surface area (Å²) in [6.07, 6.45) is 1.78. The highest BCUT2D eigenvalue weighted by atomic mass is 32.2. The van der Waals surface area contributed by atoms with E-state index in [9.17, 15) is 4.79 Å². The molecule has 2 aromatic carbocycles. The molecule has 0 saturated heterocycles. The van der Waals surface area contributed by atoms with E-state index >= 15 is 0 Å². The first kappa shape index (κ1) is 21.6. The van der Waals surface area contributed by atoms with Crippen molar-refractivity contribution in [1.29, 1.82) is 0 Å². The van der Waals surface area contributed by atoms with Crippen LogP contribution in [-0.2, 0) is 17.9 Å². The Morgan fingerprint density at radius 1 is 1.17 bits per heavy atom. The number of allylic oxidation sites excluding steroid dienone is 1. The van der Waals surface area contributed by atoms with Crippen molar-refractivity contribution < 1.29 is 9.53 Å². The molecule has 0 bridgehead atoms. The van der Waals surface area contributed by atoms with Crippen LogP contribution in [0.1, 0.15) is 22.5 Å². The number of carbonyl (C=O) groups is 1. The van der Waals surface area contributed by atoms with Gasteiger partial charge in [-0.3, -0.25) is 9.36 Å². The van der Waals surface area contributed by atoms with E-state index in [1.54, 1.807) is 6.08 Å². The Balaban J connectivity index is 1.64. The number of nitrogens with one attached hydrogen (secondary N) is 1. The van der Waals surface area contributed by atoms with Crippen LogP contribution in [0.2, 0.25) is 0 Å². The number of thioether (sulfide) groups is 1. The third-order valence-electron chi connectivity index (χ3n) is 4.54. The second-order valence-electron chi connectivity index (χ2n) is 7.01. The van der Waals surface area contributed by atoms with E-state index in [0.717, 1.165) is 28.1 Å². The maximum Gasteiger partial charge on any atom is 0.234 e. The number of amides is 1. The molecule has 1 heterocycles. The van der Waals surface area contributed by atoms with Gasteiger partial charge in [-0.05, 0) is 49.6 Å². The highest BCUT2D eigenvalue weighted by molar-refractivity contribution is 7.99. The molecule has 0 aliphatic rings. The van der Waals surface area contributed by atoms with E-state index in [1.165, 1.54) is 11.8 Å². The zero-order valence-electron chi connectivity index (χ0n) is 17.5. The molecule has 0 unspecified atom stereocenters. The number of aromatic nitrogens is 3. The number of carbonyl (C=O) groups excluding carboxylic acids is 1. The zero-order valence-corrected chi connectivity index (χ0v) is 18.3. The highest BCUT2D eigenvalue weighted by Crippen LogP contribution is 2.22. The molecule has 3 aromatic rings. The topological polar surface area (TPSA) is 69.0 Å². The van der Waals surface area contributed by atoms with Crippen molar-refractivity contribution in [3.8, 4) is 5.75 Å². The summed E-state index contributed by atoms with van der Waals surface area (Å²) < 4.78 is 7.77. The van der Waals surface area contributed by atoms with Crippen LogP contribution in [0.15, 0.2) is 60.3 Å². The molecule has 0 atom stereocenters. The number of nitrogens with zero attached hydrogens (tertiary/aromatic N) is 3. The van der Waals surface area contributed by atoms with Gasteiger partial charge in [-0.25, -0.2) is 0 Å². The molecule has 1 aromatic heterocycles. The summed E-state index contributed by atoms with van der Waals surface area (Å²) in [5.74, 6) is 1.63. The van der Waals surface area contributed by atoms with Crippen LogP contribution >= 0.6 is 11.8 Å². The average Bonchev–Trinajstić information content (AvgIpc) is 3.10. The SMILES string of the molecule is C=CCn1c(COc2cccc(C)c2)nnc1SCC(=O)Nc1c(C)cccc1C. The first-order chi connectivity index (χ1) is 14.5. The number of anilines is 1. The third-order valence-corrected chi connectivity index (χ3v) is 5.51. The first-order valence-electron chi connectivity index (χ1n) is 9.69. The monoisotopic (exact) mass is 422 g/mol. The van der Waals surface area contributed by atoms with E-state index < -0.39 is 0 Å². The summed E-state index contributed by atoms with van der Waals surface area (Å²) in [5, 5.41) is 12.2. The average molecular weight is 423 g/mol. The smallest absolute Gasteiger partial charge is 0.234 e. The number of ether oxygens (including phenoxy) is 1. The van der Waals surface area contributed by atoms with E-state index in [4.69, 9.17) is 4.74 Å². The minimum Gasteiger partial charge on any atom is -0.486 e. The maximum absolute atomic E-state index is 12.5. The zero-order chi connectivity index (χ0) is 21.5. The van der Waals surface area contributed by atoms with Crippen LogP contribution in [0.3, 0.4) is 0 Å². The van der Waals surface area contributed by atoms with Gasteiger partial charge < -0.3 is 10.1 Å². The summed E-state index contributed by atoms with van der Waals surface area (Å²) in [5.41, 5.74) is 4.08. The van der Waals surface area contributed by atoms with E-state index in [0.29, 0.717) is 24.1 Å². The van der Waals surface area contributed by atoms with Gasteiger partial charge in [0.25, 0.3) is 0 Å². The predicted octanol–water partition coefficient (Wildman–Crippen LogP) is 4.70. The molecule has 0 aliphatic carbocycles. The molecule has 156 valence electrons. The van der Waals surface area contributed by atoms with Crippen LogP contribution in [0.5, 0.6) is 5.75 Å². The first-order valence-corrected chi connectivity index (χ1v) is 10.7. The maximum atomic E-state index is 12.5. The largest absolute Gasteiger partial charge is 0.486 e. The molecule has 0 spiro atoms. The van der Waals surface area contributed by atoms with Crippen LogP contribution in [0.4, 0.5) is 5.69 Å². The second-order valence-corrected chi connectivity index (χ2v) is 7.95. The van der Waals surface area contributed by atoms with Gasteiger partial charge in [0.1, 0.15) is 12.4 Å². The lowest BCUT2D eigenvalue weighted by Crippen LogP contribution is -2.16. The Bertz CT molecular complexity index is 1030. The highest BCUT2D eigenvalue weighted by Gasteiger charge is 2.15. The van der Waals surface area contributed by atoms with Crippen molar-refractivity contribution in [3.05, 3.63) is 77.6 Å². The van der Waals surface area contributed by atoms with Gasteiger partial charge in [-0.1, -0.05) is 48.2 Å². The lowest BCUT2D eigenvalue weighted by Gasteiger charge is -2.12. The Labute approximate surface area is 181 Å². The van der Waals surface area contributed by atoms with Crippen LogP contribution < -0.4 is 10.1 Å². The van der Waals surface area contributed by atoms with Crippen molar-refractivity contribution in [2.75, 3.05) is 11.1 Å². The predicted molar refractivity (Wildman–Crippen MR) is 121 cm³/mol. The minimum absolute atomic E-state index is 0.0805. The second kappa shape index (κ2) is 10.1. The van der Waals surface area contributed by atoms with Crippen molar-refractivity contribution in [1.82, 2.24) is 14.8 Å². The van der Waals surface area contributed by atoms with Crippen molar-refractivity contribution >= 4 is 23.4 Å². The van der Waals surface area contributed by atoms with Crippen molar-refractivity contribution in [2.24, 2.45) is 0 Å². The molecule has 0 radical (unpaired) electrons. The molecular weight excluding hydrogens is 396 g/mol. The molecule has 1 N–H and O–H groups in total. The number of hydrogen-bond acceptors (Lipinski definition) is 5. The summed E-state index contributed by atoms with van der Waals surface area (Å²) in [4.78, 5) is 12.5. The standard InChI is InChI=1S/C23H26N4O2S/c1-5-12-27-20(14-29-19-11-6-8-16(2)13-19)25-26-23(27)30-15-21(28)24-22-17(3)9-7-10-18(22)4/h5-11,13H,1,12,14-15H2,2-4H3,(H,24,28). The molecule has 0 saturated carbocycles. The summed E-state index contributed by atoms with van der Waals surface area (Å²) in [6.45, 7) is 10.6. The number of hydrogen-bond donors (Lipinski definition) is 1. The Morgan fingerprint density at radius 3 is 2.60 bits per heavy atom. The Kier molecular flexibility index (Phi) is 7.30. The van der Waals surface area contributed by atoms with Crippen molar-refractivity contribution in [3.63, 3.8) is 0 Å². The molecule has 30 heavy (non-hydrogen) atoms. The number of para-hydroxylation sites is 1. The number of rotatable bonds is 9. The fourth-order valence-corrected chi connectivity index (χ4v) is 3.78. The van der Waals surface area contributed by atoms with E-state index in [1.807, 2.05) is 67.8 Å². The van der Waals surface area contributed by atoms with Crippen LogP contribution in [0, 0.1) is 20.8 Å². The fraction of sp³-hybridized carbons (Fsp3) is 0.261. The molecule has 6 nitrogen and oxygen atoms in total. The summed E-state index contributed by atoms with van der Waals surface area (Å²) in [7, 11) is 0. The molecule has 1 amide bonds. The third kappa shape index (κ3) is 5.51. The molecule has 7 heteroatoms. The van der Waals surface area contributed by atoms with Gasteiger partial charge >= 0.3 is 0 Å². The Hall–Kier alpha value is -3.06. The van der Waals surface area contributed by atoms with E-state index in [-0.39, 0.29) is 11.7 Å². The van der Waals surface area contributed by atoms with Crippen LogP contribution in [0.25, 0.3) is 0 Å². The molecule has 0 fully saturated rings. The number of aryl methyl sites for hydroxylation is 3. The molecule has 3 rings (SSSR count). The normalized spacial score (nSPS) is 10.6. The van der Waals surface area contributed by atoms with Gasteiger partial charge in [-0.2, -0.15) is 0 Å². The lowest BCUT2D eigenvalue weighted by atomic mass is 10.1. The fourth-order valence-electron chi connectivity index (χ4n) is 3.02. The van der Waals surface area contributed by atoms with Gasteiger partial charge in [-0.15, -0.1) is 16.8 Å². The quantitative estimate of drug-likeness (QED) is 0.400.